The van der Waals surface area contributed by atoms with Gasteiger partial charge in [-0.1, -0.05) is 55.7 Å². The van der Waals surface area contributed by atoms with Gasteiger partial charge in [-0.3, -0.25) is 4.79 Å². The largest absolute Gasteiger partial charge is 0.483 e. The summed E-state index contributed by atoms with van der Waals surface area (Å²) in [5.74, 6) is 0.897. The average molecular weight is 297 g/mol. The molecule has 0 atom stereocenters. The number of ether oxygens (including phenoxy) is 1. The topological polar surface area (TPSA) is 29.5 Å². The summed E-state index contributed by atoms with van der Waals surface area (Å²) in [5, 5.41) is 2.20. The first-order valence-electron chi connectivity index (χ1n) is 8.23. The van der Waals surface area contributed by atoms with Gasteiger partial charge >= 0.3 is 0 Å². The zero-order valence-corrected chi connectivity index (χ0v) is 13.0. The third-order valence-electron chi connectivity index (χ3n) is 4.31. The zero-order chi connectivity index (χ0) is 15.2. The SMILES string of the molecule is O=C(COc1cccc2ccccc12)N1CCCCCCC1. The maximum Gasteiger partial charge on any atom is 0.260 e. The molecule has 0 radical (unpaired) electrons. The van der Waals surface area contributed by atoms with Crippen LogP contribution < -0.4 is 4.74 Å². The fraction of sp³-hybridized carbons (Fsp3) is 0.421. The predicted octanol–water partition coefficient (Wildman–Crippen LogP) is 4.01. The van der Waals surface area contributed by atoms with E-state index in [1.54, 1.807) is 0 Å². The number of rotatable bonds is 3. The van der Waals surface area contributed by atoms with E-state index in [1.807, 2.05) is 35.2 Å². The van der Waals surface area contributed by atoms with Crippen LogP contribution in [0.2, 0.25) is 0 Å². The highest BCUT2D eigenvalue weighted by molar-refractivity contribution is 5.88. The summed E-state index contributed by atoms with van der Waals surface area (Å²) in [6.45, 7) is 1.88. The van der Waals surface area contributed by atoms with Crippen LogP contribution in [0.15, 0.2) is 42.5 Å². The molecular weight excluding hydrogens is 274 g/mol. The second-order valence-electron chi connectivity index (χ2n) is 5.91. The van der Waals surface area contributed by atoms with Crippen molar-refractivity contribution in [3.05, 3.63) is 42.5 Å². The lowest BCUT2D eigenvalue weighted by molar-refractivity contribution is -0.133. The number of carbonyl (C=O) groups excluding carboxylic acids is 1. The van der Waals surface area contributed by atoms with Crippen molar-refractivity contribution >= 4 is 16.7 Å². The highest BCUT2D eigenvalue weighted by Gasteiger charge is 2.15. The molecule has 3 rings (SSSR count). The van der Waals surface area contributed by atoms with Crippen molar-refractivity contribution in [2.45, 2.75) is 32.1 Å². The van der Waals surface area contributed by atoms with Crippen molar-refractivity contribution in [1.29, 1.82) is 0 Å². The summed E-state index contributed by atoms with van der Waals surface area (Å²) in [5.41, 5.74) is 0. The number of fused-ring (bicyclic) bond motifs is 1. The van der Waals surface area contributed by atoms with Crippen molar-refractivity contribution in [2.24, 2.45) is 0 Å². The van der Waals surface area contributed by atoms with Gasteiger partial charge in [-0.2, -0.15) is 0 Å². The molecule has 0 aromatic heterocycles. The van der Waals surface area contributed by atoms with Gasteiger partial charge in [0.25, 0.3) is 5.91 Å². The Bertz CT molecular complexity index is 625. The molecule has 0 unspecified atom stereocenters. The van der Waals surface area contributed by atoms with E-state index in [0.29, 0.717) is 0 Å². The molecule has 1 aliphatic heterocycles. The zero-order valence-electron chi connectivity index (χ0n) is 13.0. The van der Waals surface area contributed by atoms with Gasteiger partial charge in [-0.25, -0.2) is 0 Å². The van der Waals surface area contributed by atoms with E-state index in [-0.39, 0.29) is 12.5 Å². The maximum absolute atomic E-state index is 12.4. The third kappa shape index (κ3) is 3.59. The lowest BCUT2D eigenvalue weighted by Gasteiger charge is -2.24. The molecule has 2 aromatic rings. The highest BCUT2D eigenvalue weighted by atomic mass is 16.5. The van der Waals surface area contributed by atoms with Gasteiger partial charge in [0.1, 0.15) is 5.75 Å². The van der Waals surface area contributed by atoms with Crippen LogP contribution in [0.25, 0.3) is 10.8 Å². The molecule has 1 aliphatic rings. The van der Waals surface area contributed by atoms with E-state index in [2.05, 4.69) is 12.1 Å². The second kappa shape index (κ2) is 7.30. The number of hydrogen-bond donors (Lipinski definition) is 0. The molecule has 0 saturated carbocycles. The van der Waals surface area contributed by atoms with E-state index in [1.165, 1.54) is 19.3 Å². The summed E-state index contributed by atoms with van der Waals surface area (Å²) < 4.78 is 5.82. The maximum atomic E-state index is 12.4. The Morgan fingerprint density at radius 1 is 0.909 bits per heavy atom. The van der Waals surface area contributed by atoms with Crippen LogP contribution in [-0.4, -0.2) is 30.5 Å². The summed E-state index contributed by atoms with van der Waals surface area (Å²) >= 11 is 0. The number of amides is 1. The average Bonchev–Trinajstić information content (AvgIpc) is 2.52. The molecule has 3 heteroatoms. The molecular formula is C19H23NO2. The highest BCUT2D eigenvalue weighted by Crippen LogP contribution is 2.25. The van der Waals surface area contributed by atoms with Gasteiger partial charge in [-0.15, -0.1) is 0 Å². The van der Waals surface area contributed by atoms with Crippen molar-refractivity contribution in [2.75, 3.05) is 19.7 Å². The first-order valence-corrected chi connectivity index (χ1v) is 8.23. The Hall–Kier alpha value is -2.03. The molecule has 0 N–H and O–H groups in total. The molecule has 0 spiro atoms. The minimum absolute atomic E-state index is 0.106. The molecule has 0 bridgehead atoms. The monoisotopic (exact) mass is 297 g/mol. The van der Waals surface area contributed by atoms with Crippen LogP contribution in [-0.2, 0) is 4.79 Å². The van der Waals surface area contributed by atoms with Crippen LogP contribution in [0.5, 0.6) is 5.75 Å². The second-order valence-corrected chi connectivity index (χ2v) is 5.91. The van der Waals surface area contributed by atoms with Crippen molar-refractivity contribution < 1.29 is 9.53 Å². The first-order chi connectivity index (χ1) is 10.8. The van der Waals surface area contributed by atoms with E-state index >= 15 is 0 Å². The minimum atomic E-state index is 0.106. The van der Waals surface area contributed by atoms with Crippen molar-refractivity contribution in [1.82, 2.24) is 4.90 Å². The summed E-state index contributed by atoms with van der Waals surface area (Å²) in [4.78, 5) is 14.3. The van der Waals surface area contributed by atoms with Crippen molar-refractivity contribution in [3.63, 3.8) is 0 Å². The Balaban J connectivity index is 1.64. The fourth-order valence-electron chi connectivity index (χ4n) is 3.05. The van der Waals surface area contributed by atoms with Crippen LogP contribution in [0.3, 0.4) is 0 Å². The molecule has 116 valence electrons. The molecule has 0 aliphatic carbocycles. The molecule has 3 nitrogen and oxygen atoms in total. The Kier molecular flexibility index (Phi) is 4.94. The normalized spacial score (nSPS) is 16.1. The quantitative estimate of drug-likeness (QED) is 0.856. The number of hydrogen-bond acceptors (Lipinski definition) is 2. The molecule has 1 heterocycles. The van der Waals surface area contributed by atoms with Gasteiger partial charge in [0.15, 0.2) is 6.61 Å². The minimum Gasteiger partial charge on any atom is -0.483 e. The number of benzene rings is 2. The third-order valence-corrected chi connectivity index (χ3v) is 4.31. The Morgan fingerprint density at radius 3 is 2.41 bits per heavy atom. The van der Waals surface area contributed by atoms with E-state index in [9.17, 15) is 4.79 Å². The van der Waals surface area contributed by atoms with E-state index in [4.69, 9.17) is 4.74 Å². The van der Waals surface area contributed by atoms with Crippen LogP contribution in [0.1, 0.15) is 32.1 Å². The number of likely N-dealkylation sites (tertiary alicyclic amines) is 1. The van der Waals surface area contributed by atoms with Crippen molar-refractivity contribution in [3.8, 4) is 5.75 Å². The van der Waals surface area contributed by atoms with Crippen LogP contribution in [0, 0.1) is 0 Å². The molecule has 1 amide bonds. The fourth-order valence-corrected chi connectivity index (χ4v) is 3.05. The molecule has 1 saturated heterocycles. The van der Waals surface area contributed by atoms with Crippen LogP contribution >= 0.6 is 0 Å². The molecule has 22 heavy (non-hydrogen) atoms. The lowest BCUT2D eigenvalue weighted by atomic mass is 10.1. The Morgan fingerprint density at radius 2 is 1.59 bits per heavy atom. The predicted molar refractivity (Wildman–Crippen MR) is 89.1 cm³/mol. The molecule has 2 aromatic carbocycles. The van der Waals surface area contributed by atoms with E-state index in [0.717, 1.165) is 42.5 Å². The van der Waals surface area contributed by atoms with Gasteiger partial charge in [0, 0.05) is 18.5 Å². The smallest absolute Gasteiger partial charge is 0.260 e. The standard InChI is InChI=1S/C19H23NO2/c21-19(20-13-6-2-1-3-7-14-20)15-22-18-12-8-10-16-9-4-5-11-17(16)18/h4-5,8-12H,1-3,6-7,13-15H2. The number of carbonyl (C=O) groups is 1. The van der Waals surface area contributed by atoms with Gasteiger partial charge in [0.05, 0.1) is 0 Å². The Labute approximate surface area is 131 Å². The van der Waals surface area contributed by atoms with Crippen LogP contribution in [0.4, 0.5) is 0 Å². The number of nitrogens with zero attached hydrogens (tertiary/aromatic N) is 1. The van der Waals surface area contributed by atoms with Gasteiger partial charge in [-0.05, 0) is 24.3 Å². The van der Waals surface area contributed by atoms with Gasteiger partial charge in [0.2, 0.25) is 0 Å². The summed E-state index contributed by atoms with van der Waals surface area (Å²) in [6, 6.07) is 14.1. The summed E-state index contributed by atoms with van der Waals surface area (Å²) in [6.07, 6.45) is 5.98. The summed E-state index contributed by atoms with van der Waals surface area (Å²) in [7, 11) is 0. The molecule has 1 fully saturated rings. The lowest BCUT2D eigenvalue weighted by Crippen LogP contribution is -2.37. The van der Waals surface area contributed by atoms with E-state index < -0.39 is 0 Å². The van der Waals surface area contributed by atoms with Gasteiger partial charge < -0.3 is 9.64 Å². The first kappa shape index (κ1) is 14.9.